The number of nitrogens with zero attached hydrogens (tertiary/aromatic N) is 4. The van der Waals surface area contributed by atoms with Crippen molar-refractivity contribution < 1.29 is 57.1 Å². The first-order valence-electron chi connectivity index (χ1n) is 21.2. The summed E-state index contributed by atoms with van der Waals surface area (Å²) in [5.41, 5.74) is 13.4. The van der Waals surface area contributed by atoms with Crippen molar-refractivity contribution in [3.8, 4) is 22.8 Å². The zero-order chi connectivity index (χ0) is 46.3. The van der Waals surface area contributed by atoms with Crippen molar-refractivity contribution >= 4 is 64.4 Å². The van der Waals surface area contributed by atoms with Gasteiger partial charge in [0.25, 0.3) is 17.7 Å². The number of hydrogen-bond acceptors (Lipinski definition) is 17. The number of aromatic nitrogens is 2. The smallest absolute Gasteiger partial charge is 0.266 e. The van der Waals surface area contributed by atoms with Crippen molar-refractivity contribution in [3.05, 3.63) is 57.7 Å². The molecule has 1 unspecified atom stereocenters. The monoisotopic (exact) mass is 944 g/mol. The topological polar surface area (TPSA) is 258 Å². The van der Waals surface area contributed by atoms with Gasteiger partial charge in [-0.1, -0.05) is 29.3 Å². The number of fused-ring (bicyclic) bond motifs is 1. The number of halogens is 2. The van der Waals surface area contributed by atoms with Gasteiger partial charge in [0.1, 0.15) is 35.7 Å². The minimum absolute atomic E-state index is 0.00396. The van der Waals surface area contributed by atoms with Crippen molar-refractivity contribution in [1.82, 2.24) is 25.5 Å². The third-order valence-electron chi connectivity index (χ3n) is 10.6. The molecule has 2 saturated heterocycles. The Morgan fingerprint density at radius 1 is 0.862 bits per heavy atom. The Morgan fingerprint density at radius 3 is 2.12 bits per heavy atom. The minimum Gasteiger partial charge on any atom is -0.491 e. The number of nitrogens with one attached hydrogen (secondary N) is 2. The van der Waals surface area contributed by atoms with E-state index in [0.29, 0.717) is 92.3 Å². The van der Waals surface area contributed by atoms with E-state index in [1.165, 1.54) is 18.2 Å². The van der Waals surface area contributed by atoms with Crippen molar-refractivity contribution in [2.45, 2.75) is 44.2 Å². The zero-order valence-corrected chi connectivity index (χ0v) is 37.6. The molecule has 22 heteroatoms. The number of piperidine rings is 2. The second-order valence-electron chi connectivity index (χ2n) is 15.5. The molecule has 3 aliphatic rings. The van der Waals surface area contributed by atoms with Gasteiger partial charge in [-0.2, -0.15) is 0 Å². The second-order valence-corrected chi connectivity index (χ2v) is 16.3. The zero-order valence-electron chi connectivity index (χ0n) is 36.1. The van der Waals surface area contributed by atoms with Crippen LogP contribution >= 0.6 is 23.2 Å². The number of nitrogens with two attached hydrogens (primary N) is 2. The van der Waals surface area contributed by atoms with Gasteiger partial charge in [-0.3, -0.25) is 34.2 Å². The maximum absolute atomic E-state index is 13.2. The number of carbonyl (C=O) groups excluding carboxylic acids is 5. The minimum atomic E-state index is -1.11. The first kappa shape index (κ1) is 49.2. The third kappa shape index (κ3) is 13.7. The molecule has 2 fully saturated rings. The number of anilines is 2. The van der Waals surface area contributed by atoms with E-state index in [9.17, 15) is 24.0 Å². The van der Waals surface area contributed by atoms with Crippen LogP contribution in [0.4, 0.5) is 11.6 Å². The highest BCUT2D eigenvalue weighted by atomic mass is 35.5. The van der Waals surface area contributed by atoms with Crippen LogP contribution in [0.25, 0.3) is 11.3 Å². The van der Waals surface area contributed by atoms with Gasteiger partial charge in [-0.25, -0.2) is 9.97 Å². The lowest BCUT2D eigenvalue weighted by molar-refractivity contribution is -0.136. The molecule has 0 bridgehead atoms. The molecule has 1 aromatic heterocycles. The Hall–Kier alpha value is -5.19. The van der Waals surface area contributed by atoms with Gasteiger partial charge >= 0.3 is 0 Å². The molecule has 0 aliphatic carbocycles. The summed E-state index contributed by atoms with van der Waals surface area (Å²) in [7, 11) is 0. The highest BCUT2D eigenvalue weighted by molar-refractivity contribution is 6.44. The number of ether oxygens (including phenoxy) is 7. The summed E-state index contributed by atoms with van der Waals surface area (Å²) in [6.45, 7) is 7.08. The lowest BCUT2D eigenvalue weighted by Crippen LogP contribution is -2.54. The predicted molar refractivity (Wildman–Crippen MR) is 237 cm³/mol. The summed E-state index contributed by atoms with van der Waals surface area (Å²) in [6, 6.07) is 6.65. The van der Waals surface area contributed by atoms with Gasteiger partial charge in [-0.15, -0.1) is 0 Å². The predicted octanol–water partition coefficient (Wildman–Crippen LogP) is 2.41. The van der Waals surface area contributed by atoms with E-state index in [4.69, 9.17) is 67.8 Å². The van der Waals surface area contributed by atoms with Crippen molar-refractivity contribution in [2.75, 3.05) is 110 Å². The number of carbonyl (C=O) groups is 5. The van der Waals surface area contributed by atoms with Gasteiger partial charge in [0.05, 0.1) is 93.4 Å². The summed E-state index contributed by atoms with van der Waals surface area (Å²) < 4.78 is 39.1. The lowest BCUT2D eigenvalue weighted by Gasteiger charge is -2.37. The Bertz CT molecular complexity index is 2170. The fourth-order valence-corrected chi connectivity index (χ4v) is 7.49. The molecule has 5 amide bonds. The summed E-state index contributed by atoms with van der Waals surface area (Å²) in [5, 5.41) is 5.39. The van der Waals surface area contributed by atoms with Crippen LogP contribution in [-0.4, -0.2) is 155 Å². The normalized spacial score (nSPS) is 17.0. The second kappa shape index (κ2) is 23.8. The summed E-state index contributed by atoms with van der Waals surface area (Å²) in [6.07, 6.45) is 3.40. The Kier molecular flexibility index (Phi) is 18.1. The van der Waals surface area contributed by atoms with Crippen LogP contribution in [0.15, 0.2) is 36.5 Å². The van der Waals surface area contributed by atoms with Crippen molar-refractivity contribution in [1.29, 1.82) is 0 Å². The molecule has 3 aromatic rings. The van der Waals surface area contributed by atoms with E-state index in [2.05, 4.69) is 32.4 Å². The molecular formula is C43H54Cl2N8O12. The van der Waals surface area contributed by atoms with Gasteiger partial charge < -0.3 is 54.8 Å². The van der Waals surface area contributed by atoms with E-state index < -0.39 is 42.2 Å². The first-order chi connectivity index (χ1) is 31.3. The number of imide groups is 2. The van der Waals surface area contributed by atoms with E-state index in [-0.39, 0.29) is 60.8 Å². The molecule has 6 rings (SSSR count). The molecule has 65 heavy (non-hydrogen) atoms. The van der Waals surface area contributed by atoms with Crippen LogP contribution in [0.2, 0.25) is 10.0 Å². The quantitative estimate of drug-likeness (QED) is 0.0702. The average molecular weight is 946 g/mol. The van der Waals surface area contributed by atoms with Crippen LogP contribution in [0.1, 0.15) is 53.3 Å². The van der Waals surface area contributed by atoms with Crippen molar-refractivity contribution in [3.63, 3.8) is 0 Å². The van der Waals surface area contributed by atoms with E-state index >= 15 is 0 Å². The Morgan fingerprint density at radius 2 is 1.49 bits per heavy atom. The van der Waals surface area contributed by atoms with Gasteiger partial charge in [0.2, 0.25) is 11.8 Å². The van der Waals surface area contributed by atoms with E-state index in [0.717, 1.165) is 30.8 Å². The van der Waals surface area contributed by atoms with E-state index in [1.807, 2.05) is 0 Å². The van der Waals surface area contributed by atoms with Crippen LogP contribution in [-0.2, 0) is 38.1 Å². The molecule has 0 radical (unpaired) electrons. The molecule has 3 aliphatic heterocycles. The highest BCUT2D eigenvalue weighted by Crippen LogP contribution is 2.39. The van der Waals surface area contributed by atoms with Crippen LogP contribution in [0, 0.1) is 0 Å². The maximum Gasteiger partial charge on any atom is 0.266 e. The average Bonchev–Trinajstić information content (AvgIpc) is 3.53. The number of benzene rings is 2. The molecule has 0 saturated carbocycles. The highest BCUT2D eigenvalue weighted by Gasteiger charge is 2.46. The van der Waals surface area contributed by atoms with Gasteiger partial charge in [-0.05, 0) is 44.4 Å². The molecule has 4 heterocycles. The molecule has 352 valence electrons. The molecule has 1 atom stereocenters. The van der Waals surface area contributed by atoms with Crippen molar-refractivity contribution in [2.24, 2.45) is 5.73 Å². The largest absolute Gasteiger partial charge is 0.491 e. The SMILES string of the molecule is CC1(N)CCN(c2cnc(-c3cc(OCCOCCOCCOCCOCCOCCNC(=O)COc4cccc5c4C(=O)N(C4CCC(=O)NC4=O)C5=O)cc(Cl)c3Cl)c(N)n2)CC1. The number of nitrogen functional groups attached to an aromatic ring is 1. The van der Waals surface area contributed by atoms with Gasteiger partial charge in [0.15, 0.2) is 12.4 Å². The molecule has 2 aromatic carbocycles. The number of rotatable bonds is 25. The standard InChI is InChI=1S/C43H54Cl2N8O12/c1-43(47)7-10-52(11-8-43)33-25-49-38(39(46)50-33)29-23-27(24-30(44)37(29)45)64-22-21-63-20-19-62-18-17-61-16-15-60-14-13-59-12-9-48-35(55)26-65-32-4-2-3-28-36(32)42(58)53(41(28)57)31-5-6-34(54)51-40(31)56/h2-4,23-25,31H,5-22,26,47H2,1H3,(H2,46,50)(H,48,55)(H,51,54,56). The van der Waals surface area contributed by atoms with Crippen LogP contribution < -0.4 is 36.5 Å². The molecular weight excluding hydrogens is 891 g/mol. The lowest BCUT2D eigenvalue weighted by atomic mass is 9.91. The number of hydrogen-bond donors (Lipinski definition) is 4. The van der Waals surface area contributed by atoms with Gasteiger partial charge in [0, 0.05) is 43.2 Å². The Balaban J connectivity index is 0.738. The van der Waals surface area contributed by atoms with E-state index in [1.54, 1.807) is 18.3 Å². The molecule has 0 spiro atoms. The molecule has 20 nitrogen and oxygen atoms in total. The molecule has 6 N–H and O–H groups in total. The third-order valence-corrected chi connectivity index (χ3v) is 11.4. The number of amides is 5. The van der Waals surface area contributed by atoms with Crippen LogP contribution in [0.5, 0.6) is 11.5 Å². The summed E-state index contributed by atoms with van der Waals surface area (Å²) >= 11 is 13.0. The Labute approximate surface area is 385 Å². The summed E-state index contributed by atoms with van der Waals surface area (Å²) in [5.74, 6) is -1.61. The first-order valence-corrected chi connectivity index (χ1v) is 22.0. The summed E-state index contributed by atoms with van der Waals surface area (Å²) in [4.78, 5) is 74.5. The maximum atomic E-state index is 13.2. The fraction of sp³-hybridized carbons (Fsp3) is 0.512. The van der Waals surface area contributed by atoms with Crippen LogP contribution in [0.3, 0.4) is 0 Å². The fourth-order valence-electron chi connectivity index (χ4n) is 7.08.